The molecule has 4 nitrogen and oxygen atoms in total. The molecule has 2 atom stereocenters. The Kier molecular flexibility index (Phi) is 8.29. The van der Waals surface area contributed by atoms with Gasteiger partial charge in [-0.2, -0.15) is 0 Å². The molecule has 148 valence electrons. The first kappa shape index (κ1) is 22.7. The third-order valence-corrected chi connectivity index (χ3v) is 4.46. The van der Waals surface area contributed by atoms with Crippen LogP contribution in [0.3, 0.4) is 0 Å². The molecule has 0 aromatic rings. The Morgan fingerprint density at radius 2 is 2.00 bits per heavy atom. The fourth-order valence-electron chi connectivity index (χ4n) is 2.66. The van der Waals surface area contributed by atoms with E-state index in [1.807, 2.05) is 54.5 Å². The highest BCUT2D eigenvalue weighted by molar-refractivity contribution is 5.77. The number of carbonyl (C=O) groups excluding carboxylic acids is 1. The van der Waals surface area contributed by atoms with Crippen LogP contribution in [0.25, 0.3) is 0 Å². The maximum absolute atomic E-state index is 12.9. The Labute approximate surface area is 159 Å². The van der Waals surface area contributed by atoms with Gasteiger partial charge >= 0.3 is 5.97 Å². The van der Waals surface area contributed by atoms with E-state index < -0.39 is 11.6 Å². The lowest BCUT2D eigenvalue weighted by Crippen LogP contribution is -2.44. The van der Waals surface area contributed by atoms with Gasteiger partial charge in [0, 0.05) is 0 Å². The minimum absolute atomic E-state index is 0.249. The number of carbonyl (C=O) groups is 1. The van der Waals surface area contributed by atoms with Gasteiger partial charge in [-0.3, -0.25) is 10.1 Å². The monoisotopic (exact) mass is 363 g/mol. The lowest BCUT2D eigenvalue weighted by Gasteiger charge is -2.31. The van der Waals surface area contributed by atoms with E-state index in [0.29, 0.717) is 19.1 Å². The minimum Gasteiger partial charge on any atom is -0.454 e. The predicted molar refractivity (Wildman–Crippen MR) is 108 cm³/mol. The van der Waals surface area contributed by atoms with Gasteiger partial charge in [-0.25, -0.2) is 0 Å². The molecule has 0 amide bonds. The van der Waals surface area contributed by atoms with E-state index in [2.05, 4.69) is 30.5 Å². The van der Waals surface area contributed by atoms with Crippen molar-refractivity contribution in [2.75, 3.05) is 6.73 Å². The summed E-state index contributed by atoms with van der Waals surface area (Å²) in [6.07, 6.45) is 10.1. The molecular formula is C22H37NO3. The van der Waals surface area contributed by atoms with Crippen LogP contribution in [-0.2, 0) is 14.3 Å². The number of hydrogen-bond donors (Lipinski definition) is 1. The molecule has 0 saturated carbocycles. The summed E-state index contributed by atoms with van der Waals surface area (Å²) < 4.78 is 11.6. The molecule has 0 aliphatic heterocycles. The van der Waals surface area contributed by atoms with E-state index in [4.69, 9.17) is 9.47 Å². The number of hydrogen-bond acceptors (Lipinski definition) is 4. The highest BCUT2D eigenvalue weighted by Crippen LogP contribution is 2.28. The van der Waals surface area contributed by atoms with Gasteiger partial charge < -0.3 is 9.47 Å². The normalized spacial score (nSPS) is 19.9. The number of rotatable bonds is 8. The quantitative estimate of drug-likeness (QED) is 0.378. The van der Waals surface area contributed by atoms with Crippen LogP contribution in [0.4, 0.5) is 0 Å². The first-order valence-electron chi connectivity index (χ1n) is 9.55. The van der Waals surface area contributed by atoms with E-state index >= 15 is 0 Å². The van der Waals surface area contributed by atoms with E-state index in [1.165, 1.54) is 0 Å². The van der Waals surface area contributed by atoms with Crippen molar-refractivity contribution >= 4 is 5.97 Å². The van der Waals surface area contributed by atoms with Crippen LogP contribution >= 0.6 is 0 Å². The average Bonchev–Trinajstić information content (AvgIpc) is 2.52. The molecule has 26 heavy (non-hydrogen) atoms. The van der Waals surface area contributed by atoms with Crippen LogP contribution in [0.2, 0.25) is 0 Å². The van der Waals surface area contributed by atoms with E-state index in [-0.39, 0.29) is 11.6 Å². The Balaban J connectivity index is 2.81. The largest absolute Gasteiger partial charge is 0.454 e. The Morgan fingerprint density at radius 1 is 1.35 bits per heavy atom. The molecule has 0 aromatic carbocycles. The summed E-state index contributed by atoms with van der Waals surface area (Å²) in [4.78, 5) is 12.9. The summed E-state index contributed by atoms with van der Waals surface area (Å²) >= 11 is 0. The number of allylic oxidation sites excluding steroid dienone is 3. The van der Waals surface area contributed by atoms with Gasteiger partial charge in [-0.1, -0.05) is 36.8 Å². The summed E-state index contributed by atoms with van der Waals surface area (Å²) in [5.41, 5.74) is 1.27. The highest BCUT2D eigenvalue weighted by atomic mass is 16.6. The zero-order valence-electron chi connectivity index (χ0n) is 17.8. The van der Waals surface area contributed by atoms with Gasteiger partial charge in [0.1, 0.15) is 11.6 Å². The van der Waals surface area contributed by atoms with E-state index in [1.54, 1.807) is 0 Å². The van der Waals surface area contributed by atoms with Crippen molar-refractivity contribution in [3.05, 3.63) is 35.5 Å². The molecule has 0 fully saturated rings. The molecule has 1 aliphatic rings. The van der Waals surface area contributed by atoms with Gasteiger partial charge in [-0.15, -0.1) is 0 Å². The van der Waals surface area contributed by atoms with Crippen molar-refractivity contribution < 1.29 is 14.3 Å². The second-order valence-corrected chi connectivity index (χ2v) is 8.67. The van der Waals surface area contributed by atoms with Gasteiger partial charge in [0.2, 0.25) is 0 Å². The maximum Gasteiger partial charge on any atom is 0.324 e. The third-order valence-electron chi connectivity index (χ3n) is 4.46. The summed E-state index contributed by atoms with van der Waals surface area (Å²) in [5, 5.41) is 3.20. The standard InChI is InChI=1S/C22H37NO3/c1-9-16(2)14-19(23-15-25-21(4,5)6)20(24)26-22(7,8)18-12-10-11-17(3)13-18/h9-10,12-13,17,19,23H,11,14-15H2,1-8H3/b16-9+/t17?,19-/m1/s1. The number of esters is 1. The lowest BCUT2D eigenvalue weighted by molar-refractivity contribution is -0.156. The van der Waals surface area contributed by atoms with Gasteiger partial charge in [0.05, 0.1) is 12.3 Å². The molecule has 0 heterocycles. The zero-order chi connectivity index (χ0) is 20.0. The Bertz CT molecular complexity index is 564. The molecule has 0 spiro atoms. The topological polar surface area (TPSA) is 47.6 Å². The molecule has 0 bridgehead atoms. The highest BCUT2D eigenvalue weighted by Gasteiger charge is 2.31. The van der Waals surface area contributed by atoms with Crippen molar-refractivity contribution in [1.29, 1.82) is 0 Å². The smallest absolute Gasteiger partial charge is 0.324 e. The summed E-state index contributed by atoms with van der Waals surface area (Å²) in [7, 11) is 0. The SMILES string of the molecule is C/C=C(\C)C[C@@H](NCOC(C)(C)C)C(=O)OC(C)(C)C1=CC(C)CC=C1. The second kappa shape index (κ2) is 9.52. The van der Waals surface area contributed by atoms with Gasteiger partial charge in [0.25, 0.3) is 0 Å². The van der Waals surface area contributed by atoms with E-state index in [9.17, 15) is 4.79 Å². The summed E-state index contributed by atoms with van der Waals surface area (Å²) in [6, 6.07) is -0.432. The molecule has 4 heteroatoms. The first-order chi connectivity index (χ1) is 11.9. The zero-order valence-corrected chi connectivity index (χ0v) is 17.8. The number of ether oxygens (including phenoxy) is 2. The van der Waals surface area contributed by atoms with Crippen molar-refractivity contribution in [1.82, 2.24) is 5.32 Å². The second-order valence-electron chi connectivity index (χ2n) is 8.67. The Hall–Kier alpha value is -1.39. The number of nitrogens with one attached hydrogen (secondary N) is 1. The van der Waals surface area contributed by atoms with Crippen molar-refractivity contribution in [3.63, 3.8) is 0 Å². The predicted octanol–water partition coefficient (Wildman–Crippen LogP) is 4.92. The van der Waals surface area contributed by atoms with Crippen LogP contribution in [0, 0.1) is 5.92 Å². The van der Waals surface area contributed by atoms with E-state index in [0.717, 1.165) is 17.6 Å². The molecule has 1 rings (SSSR count). The fourth-order valence-corrected chi connectivity index (χ4v) is 2.66. The van der Waals surface area contributed by atoms with Crippen LogP contribution in [-0.4, -0.2) is 29.9 Å². The van der Waals surface area contributed by atoms with Crippen LogP contribution in [0.5, 0.6) is 0 Å². The van der Waals surface area contributed by atoms with Gasteiger partial charge in [-0.05, 0) is 72.8 Å². The fraction of sp³-hybridized carbons (Fsp3) is 0.682. The van der Waals surface area contributed by atoms with Crippen molar-refractivity contribution in [2.45, 2.75) is 85.5 Å². The molecule has 0 radical (unpaired) electrons. The Morgan fingerprint density at radius 3 is 2.54 bits per heavy atom. The molecule has 1 aliphatic carbocycles. The molecule has 1 N–H and O–H groups in total. The molecular weight excluding hydrogens is 326 g/mol. The van der Waals surface area contributed by atoms with Crippen molar-refractivity contribution in [3.8, 4) is 0 Å². The average molecular weight is 364 g/mol. The first-order valence-corrected chi connectivity index (χ1v) is 9.55. The maximum atomic E-state index is 12.9. The van der Waals surface area contributed by atoms with Crippen LogP contribution in [0.1, 0.15) is 68.2 Å². The van der Waals surface area contributed by atoms with Gasteiger partial charge in [0.15, 0.2) is 0 Å². The van der Waals surface area contributed by atoms with Crippen molar-refractivity contribution in [2.24, 2.45) is 5.92 Å². The van der Waals surface area contributed by atoms with Crippen LogP contribution < -0.4 is 5.32 Å². The summed E-state index contributed by atoms with van der Waals surface area (Å²) in [5.74, 6) is 0.216. The molecule has 1 unspecified atom stereocenters. The van der Waals surface area contributed by atoms with Crippen LogP contribution in [0.15, 0.2) is 35.5 Å². The molecule has 0 saturated heterocycles. The summed E-state index contributed by atoms with van der Waals surface area (Å²) in [6.45, 7) is 16.3. The lowest BCUT2D eigenvalue weighted by atomic mass is 9.88. The third kappa shape index (κ3) is 7.88. The minimum atomic E-state index is -0.656. The molecule has 0 aromatic heterocycles.